The summed E-state index contributed by atoms with van der Waals surface area (Å²) in [5.74, 6) is 0.137. The Morgan fingerprint density at radius 2 is 1.80 bits per heavy atom. The zero-order valence-electron chi connectivity index (χ0n) is 5.33. The number of hydrogen-bond acceptors (Lipinski definition) is 3. The Labute approximate surface area is 69.5 Å². The monoisotopic (exact) mass is 188 g/mol. The van der Waals surface area contributed by atoms with Crippen LogP contribution in [0.1, 0.15) is 0 Å². The molecule has 0 aliphatic carbocycles. The normalized spacial score (nSPS) is 14.1. The van der Waals surface area contributed by atoms with Gasteiger partial charge in [0.15, 0.2) is 0 Å². The van der Waals surface area contributed by atoms with E-state index >= 15 is 0 Å². The number of aliphatic hydroxyl groups is 2. The molecule has 1 unspecified atom stereocenters. The van der Waals surface area contributed by atoms with E-state index in [4.69, 9.17) is 38.2 Å². The van der Waals surface area contributed by atoms with Crippen LogP contribution in [-0.2, 0) is 4.74 Å². The quantitative estimate of drug-likeness (QED) is 0.605. The first-order chi connectivity index (χ1) is 4.74. The van der Waals surface area contributed by atoms with Gasteiger partial charge in [-0.15, -0.1) is 11.6 Å². The highest BCUT2D eigenvalue weighted by Crippen LogP contribution is 2.04. The molecule has 10 heavy (non-hydrogen) atoms. The third kappa shape index (κ3) is 4.30. The lowest BCUT2D eigenvalue weighted by Gasteiger charge is -2.14. The average Bonchev–Trinajstić information content (AvgIpc) is 1.99. The SMILES string of the molecule is OCC(CO)OC(Cl)CCl. The number of ether oxygens (including phenoxy) is 1. The Morgan fingerprint density at radius 3 is 2.10 bits per heavy atom. The van der Waals surface area contributed by atoms with E-state index in [0.29, 0.717) is 0 Å². The summed E-state index contributed by atoms with van der Waals surface area (Å²) in [5.41, 5.74) is -0.647. The van der Waals surface area contributed by atoms with Gasteiger partial charge in [0.25, 0.3) is 0 Å². The summed E-state index contributed by atoms with van der Waals surface area (Å²) < 4.78 is 4.83. The molecule has 0 radical (unpaired) electrons. The van der Waals surface area contributed by atoms with Crippen LogP contribution < -0.4 is 0 Å². The molecular weight excluding hydrogens is 179 g/mol. The van der Waals surface area contributed by atoms with Crippen molar-refractivity contribution in [3.8, 4) is 0 Å². The van der Waals surface area contributed by atoms with Crippen molar-refractivity contribution in [2.24, 2.45) is 0 Å². The largest absolute Gasteiger partial charge is 0.394 e. The third-order valence-electron chi connectivity index (χ3n) is 0.869. The second kappa shape index (κ2) is 6.19. The molecule has 0 amide bonds. The standard InChI is InChI=1S/C5H10Cl2O3/c6-1-5(7)10-4(2-8)3-9/h4-5,8-9H,1-3H2. The minimum Gasteiger partial charge on any atom is -0.394 e. The lowest BCUT2D eigenvalue weighted by Crippen LogP contribution is -2.26. The van der Waals surface area contributed by atoms with E-state index in [9.17, 15) is 0 Å². The summed E-state index contributed by atoms with van der Waals surface area (Å²) in [7, 11) is 0. The van der Waals surface area contributed by atoms with Crippen LogP contribution in [0.3, 0.4) is 0 Å². The van der Waals surface area contributed by atoms with Crippen LogP contribution in [0, 0.1) is 0 Å². The fourth-order valence-corrected chi connectivity index (χ4v) is 0.607. The van der Waals surface area contributed by atoms with Crippen LogP contribution in [-0.4, -0.2) is 41.0 Å². The molecule has 3 nitrogen and oxygen atoms in total. The molecule has 62 valence electrons. The molecule has 0 rings (SSSR count). The van der Waals surface area contributed by atoms with Gasteiger partial charge in [0.1, 0.15) is 11.7 Å². The molecule has 0 aromatic heterocycles. The fraction of sp³-hybridized carbons (Fsp3) is 1.00. The molecule has 2 N–H and O–H groups in total. The van der Waals surface area contributed by atoms with Crippen molar-refractivity contribution >= 4 is 23.2 Å². The van der Waals surface area contributed by atoms with Gasteiger partial charge < -0.3 is 14.9 Å². The fourth-order valence-electron chi connectivity index (χ4n) is 0.389. The number of hydrogen-bond donors (Lipinski definition) is 2. The molecule has 0 aromatic rings. The molecule has 0 heterocycles. The summed E-state index contributed by atoms with van der Waals surface area (Å²) in [4.78, 5) is 0. The first kappa shape index (κ1) is 10.5. The topological polar surface area (TPSA) is 49.7 Å². The second-order valence-corrected chi connectivity index (χ2v) is 2.48. The maximum absolute atomic E-state index is 8.48. The Bertz CT molecular complexity index is 77.3. The van der Waals surface area contributed by atoms with E-state index in [-0.39, 0.29) is 19.1 Å². The first-order valence-electron chi connectivity index (χ1n) is 2.81. The van der Waals surface area contributed by atoms with Gasteiger partial charge in [-0.1, -0.05) is 11.6 Å². The summed E-state index contributed by atoms with van der Waals surface area (Å²) in [6, 6.07) is 0. The molecule has 0 saturated heterocycles. The number of alkyl halides is 2. The minimum absolute atomic E-state index is 0.137. The van der Waals surface area contributed by atoms with Crippen LogP contribution in [0.5, 0.6) is 0 Å². The molecule has 0 saturated carbocycles. The Kier molecular flexibility index (Phi) is 6.47. The second-order valence-electron chi connectivity index (χ2n) is 1.69. The summed E-state index contributed by atoms with van der Waals surface area (Å²) in [6.07, 6.45) is -0.624. The zero-order chi connectivity index (χ0) is 7.98. The molecule has 0 spiro atoms. The van der Waals surface area contributed by atoms with E-state index in [1.54, 1.807) is 0 Å². The van der Waals surface area contributed by atoms with Crippen molar-refractivity contribution < 1.29 is 14.9 Å². The van der Waals surface area contributed by atoms with Crippen LogP contribution in [0.4, 0.5) is 0 Å². The van der Waals surface area contributed by atoms with Crippen LogP contribution in [0.25, 0.3) is 0 Å². The third-order valence-corrected chi connectivity index (χ3v) is 1.56. The lowest BCUT2D eigenvalue weighted by atomic mass is 10.4. The van der Waals surface area contributed by atoms with Crippen molar-refractivity contribution in [3.05, 3.63) is 0 Å². The van der Waals surface area contributed by atoms with Crippen molar-refractivity contribution in [2.45, 2.75) is 11.7 Å². The molecule has 1 atom stereocenters. The van der Waals surface area contributed by atoms with Gasteiger partial charge in [-0.2, -0.15) is 0 Å². The van der Waals surface area contributed by atoms with Gasteiger partial charge in [-0.3, -0.25) is 0 Å². The van der Waals surface area contributed by atoms with Gasteiger partial charge >= 0.3 is 0 Å². The summed E-state index contributed by atoms with van der Waals surface area (Å²) in [5, 5.41) is 17.0. The highest BCUT2D eigenvalue weighted by atomic mass is 35.5. The van der Waals surface area contributed by atoms with Crippen molar-refractivity contribution in [2.75, 3.05) is 19.1 Å². The molecule has 0 bridgehead atoms. The van der Waals surface area contributed by atoms with E-state index in [2.05, 4.69) is 0 Å². The van der Waals surface area contributed by atoms with Crippen LogP contribution in [0.2, 0.25) is 0 Å². The highest BCUT2D eigenvalue weighted by Gasteiger charge is 2.11. The molecule has 0 aromatic carbocycles. The maximum Gasteiger partial charge on any atom is 0.145 e. The van der Waals surface area contributed by atoms with E-state index < -0.39 is 11.7 Å². The van der Waals surface area contributed by atoms with Gasteiger partial charge in [0.05, 0.1) is 19.1 Å². The summed E-state index contributed by atoms with van der Waals surface area (Å²) >= 11 is 10.7. The molecule has 0 aliphatic heterocycles. The van der Waals surface area contributed by atoms with Gasteiger partial charge in [0.2, 0.25) is 0 Å². The number of aliphatic hydroxyl groups excluding tert-OH is 2. The highest BCUT2D eigenvalue weighted by molar-refractivity contribution is 6.27. The zero-order valence-corrected chi connectivity index (χ0v) is 6.85. The first-order valence-corrected chi connectivity index (χ1v) is 3.79. The minimum atomic E-state index is -0.647. The van der Waals surface area contributed by atoms with E-state index in [1.165, 1.54) is 0 Å². The van der Waals surface area contributed by atoms with Crippen molar-refractivity contribution in [3.63, 3.8) is 0 Å². The smallest absolute Gasteiger partial charge is 0.145 e. The Balaban J connectivity index is 3.41. The van der Waals surface area contributed by atoms with Crippen molar-refractivity contribution in [1.29, 1.82) is 0 Å². The van der Waals surface area contributed by atoms with Crippen LogP contribution >= 0.6 is 23.2 Å². The number of rotatable bonds is 5. The van der Waals surface area contributed by atoms with Crippen molar-refractivity contribution in [1.82, 2.24) is 0 Å². The maximum atomic E-state index is 8.48. The average molecular weight is 189 g/mol. The van der Waals surface area contributed by atoms with E-state index in [0.717, 1.165) is 0 Å². The summed E-state index contributed by atoms with van der Waals surface area (Å²) in [6.45, 7) is -0.507. The Hall–Kier alpha value is 0.460. The molecular formula is C5H10Cl2O3. The predicted octanol–water partition coefficient (Wildman–Crippen LogP) is 0.160. The van der Waals surface area contributed by atoms with E-state index in [1.807, 2.05) is 0 Å². The molecule has 0 aliphatic rings. The number of halogens is 2. The molecule has 5 heteroatoms. The van der Waals surface area contributed by atoms with Gasteiger partial charge in [0, 0.05) is 0 Å². The van der Waals surface area contributed by atoms with Crippen LogP contribution in [0.15, 0.2) is 0 Å². The predicted molar refractivity (Wildman–Crippen MR) is 39.4 cm³/mol. The lowest BCUT2D eigenvalue weighted by molar-refractivity contribution is -0.0275. The van der Waals surface area contributed by atoms with Gasteiger partial charge in [-0.05, 0) is 0 Å². The molecule has 0 fully saturated rings. The van der Waals surface area contributed by atoms with Gasteiger partial charge in [-0.25, -0.2) is 0 Å². The Morgan fingerprint density at radius 1 is 1.30 bits per heavy atom.